The van der Waals surface area contributed by atoms with Crippen molar-refractivity contribution in [1.82, 2.24) is 5.32 Å². The van der Waals surface area contributed by atoms with E-state index in [2.05, 4.69) is 34.6 Å². The fourth-order valence-corrected chi connectivity index (χ4v) is 7.32. The van der Waals surface area contributed by atoms with Crippen molar-refractivity contribution in [2.24, 2.45) is 4.99 Å². The summed E-state index contributed by atoms with van der Waals surface area (Å²) in [6.07, 6.45) is 2.07. The Labute approximate surface area is 289 Å². The number of aliphatic hydroxyl groups is 3. The molecule has 11 heteroatoms. The maximum Gasteiger partial charge on any atom is 0.161 e. The van der Waals surface area contributed by atoms with Crippen molar-refractivity contribution < 1.29 is 44.5 Å². The average Bonchev–Trinajstić information content (AvgIpc) is 3.60. The van der Waals surface area contributed by atoms with Crippen molar-refractivity contribution in [3.8, 4) is 39.9 Å². The van der Waals surface area contributed by atoms with E-state index in [0.29, 0.717) is 36.4 Å². The zero-order valence-corrected chi connectivity index (χ0v) is 27.8. The number of nitrogens with one attached hydrogen (secondary N) is 1. The van der Waals surface area contributed by atoms with Gasteiger partial charge >= 0.3 is 0 Å². The maximum absolute atomic E-state index is 10.7. The minimum absolute atomic E-state index is 0.00422. The van der Waals surface area contributed by atoms with Gasteiger partial charge < -0.3 is 44.5 Å². The second kappa shape index (κ2) is 14.7. The van der Waals surface area contributed by atoms with Gasteiger partial charge in [-0.2, -0.15) is 0 Å². The molecule has 7 rings (SSSR count). The molecular formula is C39H42N2O9. The summed E-state index contributed by atoms with van der Waals surface area (Å²) in [5.74, 6) is 1.39. The molecule has 0 fully saturated rings. The first kappa shape index (κ1) is 33.8. The number of rotatable bonds is 13. The lowest BCUT2D eigenvalue weighted by Crippen LogP contribution is -2.36. The van der Waals surface area contributed by atoms with E-state index in [0.717, 1.165) is 44.8 Å². The first-order chi connectivity index (χ1) is 24.4. The highest BCUT2D eigenvalue weighted by molar-refractivity contribution is 5.83. The van der Waals surface area contributed by atoms with Crippen LogP contribution in [0.1, 0.15) is 39.8 Å². The molecule has 4 aromatic carbocycles. The molecule has 50 heavy (non-hydrogen) atoms. The van der Waals surface area contributed by atoms with E-state index >= 15 is 0 Å². The summed E-state index contributed by atoms with van der Waals surface area (Å²) in [4.78, 5) is 4.54. The molecule has 3 unspecified atom stereocenters. The lowest BCUT2D eigenvalue weighted by atomic mass is 9.73. The largest absolute Gasteiger partial charge is 0.508 e. The van der Waals surface area contributed by atoms with Crippen LogP contribution in [0.2, 0.25) is 0 Å². The molecule has 0 radical (unpaired) electrons. The predicted molar refractivity (Wildman–Crippen MR) is 185 cm³/mol. The summed E-state index contributed by atoms with van der Waals surface area (Å²) < 4.78 is 25.0. The molecule has 2 aliphatic heterocycles. The van der Waals surface area contributed by atoms with Gasteiger partial charge in [0, 0.05) is 23.6 Å². The maximum atomic E-state index is 10.7. The monoisotopic (exact) mass is 682 g/mol. The Balaban J connectivity index is 1.35. The summed E-state index contributed by atoms with van der Waals surface area (Å²) in [5.41, 5.74) is 6.59. The van der Waals surface area contributed by atoms with Crippen molar-refractivity contribution in [1.29, 1.82) is 0 Å². The number of hydrogen-bond donors (Lipinski definition) is 6. The van der Waals surface area contributed by atoms with E-state index in [-0.39, 0.29) is 56.3 Å². The lowest BCUT2D eigenvalue weighted by molar-refractivity contribution is -0.0430. The number of phenols is 2. The number of phenolic OH excluding ortho intramolecular Hbond substituents is 2. The van der Waals surface area contributed by atoms with Gasteiger partial charge in [0.05, 0.1) is 38.5 Å². The predicted octanol–water partition coefficient (Wildman–Crippen LogP) is 2.40. The summed E-state index contributed by atoms with van der Waals surface area (Å²) in [6.45, 7) is 0.00434. The zero-order valence-electron chi connectivity index (χ0n) is 27.8. The molecule has 11 nitrogen and oxygen atoms in total. The third-order valence-corrected chi connectivity index (χ3v) is 9.61. The Bertz CT molecular complexity index is 1990. The lowest BCUT2D eigenvalue weighted by Gasteiger charge is -2.38. The van der Waals surface area contributed by atoms with E-state index in [1.54, 1.807) is 25.2 Å². The molecule has 1 aliphatic carbocycles. The van der Waals surface area contributed by atoms with Gasteiger partial charge in [0.1, 0.15) is 36.1 Å². The molecule has 0 aromatic heterocycles. The van der Waals surface area contributed by atoms with Crippen LogP contribution in [-0.4, -0.2) is 84.5 Å². The first-order valence-corrected chi connectivity index (χ1v) is 16.9. The fraction of sp³-hybridized carbons (Fsp3) is 0.359. The van der Waals surface area contributed by atoms with Crippen LogP contribution in [0.5, 0.6) is 28.7 Å². The van der Waals surface area contributed by atoms with Crippen LogP contribution in [0.3, 0.4) is 0 Å². The third kappa shape index (κ3) is 6.62. The third-order valence-electron chi connectivity index (χ3n) is 9.61. The highest BCUT2D eigenvalue weighted by Gasteiger charge is 2.39. The molecule has 0 amide bonds. The second-order valence-corrected chi connectivity index (χ2v) is 12.9. The van der Waals surface area contributed by atoms with Crippen molar-refractivity contribution in [2.45, 2.75) is 43.5 Å². The molecule has 0 spiro atoms. The SMILES string of the molecule is CNCOC1Cc2c(cc(OC(CO)CO)c3c2CC(Cc2ccc4c(c2)=CCN=4)c2cc(O)ccc2-3)OC1c1ccc(O)c(OCCO)c1. The Kier molecular flexibility index (Phi) is 9.93. The molecule has 0 saturated heterocycles. The van der Waals surface area contributed by atoms with Crippen LogP contribution in [0.4, 0.5) is 0 Å². The second-order valence-electron chi connectivity index (χ2n) is 12.9. The minimum atomic E-state index is -0.863. The fourth-order valence-electron chi connectivity index (χ4n) is 7.32. The number of fused-ring (bicyclic) bond motifs is 6. The standard InChI is InChI=1S/C39H42N2O9/c1-40-21-48-37-17-30-31-14-25(13-22-2-6-32-23(12-22)8-9-41-32)29-16-26(45)4-5-28(29)38(31)36(49-27(19-43)20-44)18-34(30)50-39(37)24-3-7-33(46)35(15-24)47-11-10-42/h2-8,12,15-16,18,25,27,37,39-40,42-46H,9-11,13-14,17,19-21H2,1H3. The minimum Gasteiger partial charge on any atom is -0.508 e. The van der Waals surface area contributed by atoms with Gasteiger partial charge in [0.15, 0.2) is 17.6 Å². The summed E-state index contributed by atoms with van der Waals surface area (Å²) in [5, 5.41) is 55.6. The van der Waals surface area contributed by atoms with Crippen molar-refractivity contribution >= 4 is 6.08 Å². The summed E-state index contributed by atoms with van der Waals surface area (Å²) in [6, 6.07) is 18.6. The van der Waals surface area contributed by atoms with Crippen molar-refractivity contribution in [3.05, 3.63) is 99.1 Å². The highest BCUT2D eigenvalue weighted by atomic mass is 16.6. The topological polar surface area (TPSA) is 162 Å². The Morgan fingerprint density at radius 3 is 2.60 bits per heavy atom. The number of hydrogen-bond acceptors (Lipinski definition) is 11. The van der Waals surface area contributed by atoms with Crippen LogP contribution in [0, 0.1) is 0 Å². The molecule has 262 valence electrons. The van der Waals surface area contributed by atoms with Crippen LogP contribution in [0.25, 0.3) is 17.2 Å². The Hall–Kier alpha value is -4.65. The molecule has 2 heterocycles. The number of nitrogens with zero attached hydrogens (tertiary/aromatic N) is 1. The van der Waals surface area contributed by atoms with Gasteiger partial charge in [0.2, 0.25) is 0 Å². The Morgan fingerprint density at radius 1 is 0.940 bits per heavy atom. The molecule has 4 aromatic rings. The van der Waals surface area contributed by atoms with Crippen LogP contribution in [0.15, 0.2) is 65.7 Å². The van der Waals surface area contributed by atoms with Crippen molar-refractivity contribution in [2.75, 3.05) is 46.8 Å². The van der Waals surface area contributed by atoms with E-state index < -0.39 is 18.3 Å². The van der Waals surface area contributed by atoms with Gasteiger partial charge in [-0.05, 0) is 95.2 Å². The normalized spacial score (nSPS) is 18.6. The number of aliphatic hydroxyl groups excluding tert-OH is 3. The molecule has 0 saturated carbocycles. The van der Waals surface area contributed by atoms with Crippen LogP contribution < -0.4 is 30.1 Å². The van der Waals surface area contributed by atoms with Gasteiger partial charge in [-0.25, -0.2) is 0 Å². The van der Waals surface area contributed by atoms with Crippen molar-refractivity contribution in [3.63, 3.8) is 0 Å². The number of benzene rings is 4. The molecular weight excluding hydrogens is 640 g/mol. The average molecular weight is 683 g/mol. The van der Waals surface area contributed by atoms with Crippen LogP contribution in [-0.2, 0) is 24.0 Å². The van der Waals surface area contributed by atoms with Crippen LogP contribution >= 0.6 is 0 Å². The molecule has 3 aliphatic rings. The zero-order chi connectivity index (χ0) is 34.8. The number of aromatic hydroxyl groups is 2. The molecule has 6 N–H and O–H groups in total. The Morgan fingerprint density at radius 2 is 1.80 bits per heavy atom. The molecule has 0 bridgehead atoms. The first-order valence-electron chi connectivity index (χ1n) is 16.9. The summed E-state index contributed by atoms with van der Waals surface area (Å²) in [7, 11) is 1.81. The van der Waals surface area contributed by atoms with E-state index in [1.807, 2.05) is 18.2 Å². The van der Waals surface area contributed by atoms with E-state index in [4.69, 9.17) is 18.9 Å². The van der Waals surface area contributed by atoms with E-state index in [9.17, 15) is 25.5 Å². The summed E-state index contributed by atoms with van der Waals surface area (Å²) >= 11 is 0. The smallest absolute Gasteiger partial charge is 0.161 e. The molecule has 3 atom stereocenters. The number of ether oxygens (including phenoxy) is 4. The van der Waals surface area contributed by atoms with Gasteiger partial charge in [0.25, 0.3) is 0 Å². The van der Waals surface area contributed by atoms with Gasteiger partial charge in [-0.15, -0.1) is 0 Å². The quantitative estimate of drug-likeness (QED) is 0.116. The van der Waals surface area contributed by atoms with Gasteiger partial charge in [-0.1, -0.05) is 24.3 Å². The highest BCUT2D eigenvalue weighted by Crippen LogP contribution is 2.52. The van der Waals surface area contributed by atoms with E-state index in [1.165, 1.54) is 11.6 Å². The van der Waals surface area contributed by atoms with Gasteiger partial charge in [-0.3, -0.25) is 10.3 Å².